The van der Waals surface area contributed by atoms with Gasteiger partial charge in [0.05, 0.1) is 19.9 Å². The second kappa shape index (κ2) is 11.4. The van der Waals surface area contributed by atoms with Gasteiger partial charge in [0, 0.05) is 5.69 Å². The molecule has 10 heteroatoms. The summed E-state index contributed by atoms with van der Waals surface area (Å²) in [5.74, 6) is -0.185. The smallest absolute Gasteiger partial charge is 0.270 e. The van der Waals surface area contributed by atoms with Crippen LogP contribution in [0.3, 0.4) is 0 Å². The van der Waals surface area contributed by atoms with Crippen LogP contribution < -0.4 is 29.7 Å². The Morgan fingerprint density at radius 1 is 0.973 bits per heavy atom. The van der Waals surface area contributed by atoms with E-state index in [1.807, 2.05) is 6.07 Å². The third-order valence-electron chi connectivity index (χ3n) is 5.35. The van der Waals surface area contributed by atoms with E-state index in [1.54, 1.807) is 73.8 Å². The molecule has 1 fully saturated rings. The Bertz CT molecular complexity index is 1370. The molecule has 1 heterocycles. The highest BCUT2D eigenvalue weighted by Gasteiger charge is 2.34. The van der Waals surface area contributed by atoms with E-state index in [-0.39, 0.29) is 23.2 Å². The zero-order valence-corrected chi connectivity index (χ0v) is 20.8. The van der Waals surface area contributed by atoms with Gasteiger partial charge in [0.15, 0.2) is 23.2 Å². The van der Waals surface area contributed by atoms with Gasteiger partial charge in [0.25, 0.3) is 17.7 Å². The number of methoxy groups -OCH3 is 2. The molecule has 3 amide bonds. The van der Waals surface area contributed by atoms with Crippen LogP contribution in [0.1, 0.15) is 5.56 Å². The van der Waals surface area contributed by atoms with E-state index >= 15 is 0 Å². The summed E-state index contributed by atoms with van der Waals surface area (Å²) in [5, 5.41) is 5.29. The largest absolute Gasteiger partial charge is 0.497 e. The van der Waals surface area contributed by atoms with Crippen molar-refractivity contribution in [3.8, 4) is 17.2 Å². The molecule has 0 bridgehead atoms. The Morgan fingerprint density at radius 2 is 1.70 bits per heavy atom. The van der Waals surface area contributed by atoms with Crippen LogP contribution in [0.25, 0.3) is 6.08 Å². The van der Waals surface area contributed by atoms with Gasteiger partial charge in [0.1, 0.15) is 11.3 Å². The maximum Gasteiger partial charge on any atom is 0.270 e. The molecule has 0 saturated carbocycles. The molecule has 0 atom stereocenters. The van der Waals surface area contributed by atoms with E-state index in [1.165, 1.54) is 18.1 Å². The third-order valence-corrected chi connectivity index (χ3v) is 5.63. The maximum absolute atomic E-state index is 13.1. The number of hydrogen-bond donors (Lipinski definition) is 2. The molecular weight excluding hydrogens is 494 g/mol. The Kier molecular flexibility index (Phi) is 7.80. The van der Waals surface area contributed by atoms with Crippen molar-refractivity contribution in [1.29, 1.82) is 0 Å². The number of para-hydroxylation sites is 1. The quantitative estimate of drug-likeness (QED) is 0.267. The Labute approximate surface area is 218 Å². The first-order chi connectivity index (χ1) is 17.9. The summed E-state index contributed by atoms with van der Waals surface area (Å²) in [7, 11) is 3.01. The number of hydrogen-bond acceptors (Lipinski definition) is 7. The van der Waals surface area contributed by atoms with Gasteiger partial charge in [-0.25, -0.2) is 0 Å². The van der Waals surface area contributed by atoms with Crippen molar-refractivity contribution in [1.82, 2.24) is 5.32 Å². The number of thiocarbonyl (C=S) groups is 1. The molecule has 1 aliphatic heterocycles. The highest BCUT2D eigenvalue weighted by molar-refractivity contribution is 7.80. The van der Waals surface area contributed by atoms with Crippen LogP contribution in [0.15, 0.2) is 78.4 Å². The Morgan fingerprint density at radius 3 is 2.38 bits per heavy atom. The standard InChI is InChI=1S/C27H23N3O6S/c1-34-20-11-9-18(10-12-20)28-24(31)16-36-22-13-8-17(15-23(22)35-2)14-21-25(32)29-27(37)30(26(21)33)19-6-4-3-5-7-19/h3-15H,16H2,1-2H3,(H,28,31)(H,29,32,37)/b21-14-. The monoisotopic (exact) mass is 517 g/mol. The molecule has 1 aliphatic rings. The van der Waals surface area contributed by atoms with E-state index < -0.39 is 11.8 Å². The lowest BCUT2D eigenvalue weighted by Gasteiger charge is -2.28. The molecule has 9 nitrogen and oxygen atoms in total. The molecule has 3 aromatic carbocycles. The number of benzene rings is 3. The highest BCUT2D eigenvalue weighted by Crippen LogP contribution is 2.30. The lowest BCUT2D eigenvalue weighted by molar-refractivity contribution is -0.122. The summed E-state index contributed by atoms with van der Waals surface area (Å²) >= 11 is 5.21. The van der Waals surface area contributed by atoms with Crippen molar-refractivity contribution in [2.75, 3.05) is 31.0 Å². The maximum atomic E-state index is 13.1. The molecule has 4 rings (SSSR count). The molecule has 0 aliphatic carbocycles. The predicted molar refractivity (Wildman–Crippen MR) is 143 cm³/mol. The van der Waals surface area contributed by atoms with Crippen LogP contribution in [-0.2, 0) is 14.4 Å². The molecule has 1 saturated heterocycles. The minimum atomic E-state index is -0.600. The third kappa shape index (κ3) is 5.93. The second-order valence-corrected chi connectivity index (χ2v) is 8.16. The van der Waals surface area contributed by atoms with Crippen LogP contribution in [0, 0.1) is 0 Å². The summed E-state index contributed by atoms with van der Waals surface area (Å²) in [6.45, 7) is -0.257. The fraction of sp³-hybridized carbons (Fsp3) is 0.111. The molecule has 37 heavy (non-hydrogen) atoms. The number of nitrogens with one attached hydrogen (secondary N) is 2. The molecule has 188 valence electrons. The number of ether oxygens (including phenoxy) is 3. The normalized spacial score (nSPS) is 14.3. The first kappa shape index (κ1) is 25.4. The predicted octanol–water partition coefficient (Wildman–Crippen LogP) is 3.55. The van der Waals surface area contributed by atoms with Crippen molar-refractivity contribution < 1.29 is 28.6 Å². The van der Waals surface area contributed by atoms with Gasteiger partial charge in [-0.2, -0.15) is 0 Å². The fourth-order valence-electron chi connectivity index (χ4n) is 3.54. The molecule has 3 aromatic rings. The SMILES string of the molecule is COc1ccc(NC(=O)COc2ccc(/C=C3/C(=O)NC(=S)N(c4ccccc4)C3=O)cc2OC)cc1. The Hall–Kier alpha value is -4.70. The minimum absolute atomic E-state index is 0.00703. The van der Waals surface area contributed by atoms with Crippen molar-refractivity contribution in [2.24, 2.45) is 0 Å². The van der Waals surface area contributed by atoms with Gasteiger partial charge in [-0.05, 0) is 72.4 Å². The van der Waals surface area contributed by atoms with E-state index in [0.29, 0.717) is 34.2 Å². The van der Waals surface area contributed by atoms with E-state index in [0.717, 1.165) is 0 Å². The lowest BCUT2D eigenvalue weighted by Crippen LogP contribution is -2.54. The summed E-state index contributed by atoms with van der Waals surface area (Å²) in [5.41, 5.74) is 1.57. The summed E-state index contributed by atoms with van der Waals surface area (Å²) in [6, 6.07) is 20.5. The van der Waals surface area contributed by atoms with Crippen LogP contribution in [-0.4, -0.2) is 43.7 Å². The van der Waals surface area contributed by atoms with Crippen molar-refractivity contribution in [3.05, 3.63) is 83.9 Å². The molecular formula is C27H23N3O6S. The fourth-order valence-corrected chi connectivity index (χ4v) is 3.82. The number of amides is 3. The van der Waals surface area contributed by atoms with Crippen molar-refractivity contribution in [3.63, 3.8) is 0 Å². The van der Waals surface area contributed by atoms with Gasteiger partial charge >= 0.3 is 0 Å². The van der Waals surface area contributed by atoms with Crippen LogP contribution in [0.4, 0.5) is 11.4 Å². The van der Waals surface area contributed by atoms with Gasteiger partial charge < -0.3 is 19.5 Å². The van der Waals surface area contributed by atoms with Crippen LogP contribution in [0.5, 0.6) is 17.2 Å². The van der Waals surface area contributed by atoms with E-state index in [4.69, 9.17) is 26.4 Å². The first-order valence-corrected chi connectivity index (χ1v) is 11.5. The van der Waals surface area contributed by atoms with Gasteiger partial charge in [-0.1, -0.05) is 24.3 Å². The van der Waals surface area contributed by atoms with Crippen molar-refractivity contribution in [2.45, 2.75) is 0 Å². The lowest BCUT2D eigenvalue weighted by atomic mass is 10.1. The molecule has 0 radical (unpaired) electrons. The molecule has 2 N–H and O–H groups in total. The topological polar surface area (TPSA) is 106 Å². The van der Waals surface area contributed by atoms with Gasteiger partial charge in [-0.15, -0.1) is 0 Å². The number of anilines is 2. The van der Waals surface area contributed by atoms with Crippen molar-refractivity contribution >= 4 is 52.5 Å². The molecule has 0 spiro atoms. The highest BCUT2D eigenvalue weighted by atomic mass is 32.1. The number of rotatable bonds is 8. The summed E-state index contributed by atoms with van der Waals surface area (Å²) < 4.78 is 16.1. The summed E-state index contributed by atoms with van der Waals surface area (Å²) in [6.07, 6.45) is 1.44. The zero-order chi connectivity index (χ0) is 26.4. The second-order valence-electron chi connectivity index (χ2n) is 7.77. The van der Waals surface area contributed by atoms with E-state index in [2.05, 4.69) is 10.6 Å². The van der Waals surface area contributed by atoms with Gasteiger partial charge in [-0.3, -0.25) is 24.6 Å². The Balaban J connectivity index is 1.48. The molecule has 0 unspecified atom stereocenters. The zero-order valence-electron chi connectivity index (χ0n) is 20.0. The minimum Gasteiger partial charge on any atom is -0.497 e. The van der Waals surface area contributed by atoms with Crippen LogP contribution in [0.2, 0.25) is 0 Å². The first-order valence-electron chi connectivity index (χ1n) is 11.1. The van der Waals surface area contributed by atoms with Gasteiger partial charge in [0.2, 0.25) is 0 Å². The number of nitrogens with zero attached hydrogens (tertiary/aromatic N) is 1. The molecule has 0 aromatic heterocycles. The number of carbonyl (C=O) groups excluding carboxylic acids is 3. The number of carbonyl (C=O) groups is 3. The average molecular weight is 518 g/mol. The summed E-state index contributed by atoms with van der Waals surface area (Å²) in [4.78, 5) is 39.3. The van der Waals surface area contributed by atoms with Crippen LogP contribution >= 0.6 is 12.2 Å². The average Bonchev–Trinajstić information content (AvgIpc) is 2.91. The van der Waals surface area contributed by atoms with E-state index in [9.17, 15) is 14.4 Å².